The van der Waals surface area contributed by atoms with Crippen molar-refractivity contribution in [3.63, 3.8) is 0 Å². The van der Waals surface area contributed by atoms with Crippen LogP contribution in [0.25, 0.3) is 0 Å². The van der Waals surface area contributed by atoms with Gasteiger partial charge in [0.2, 0.25) is 0 Å². The second-order valence-electron chi connectivity index (χ2n) is 3.51. The minimum atomic E-state index is -2.71. The molecule has 0 aliphatic carbocycles. The fourth-order valence-electron chi connectivity index (χ4n) is 1.45. The van der Waals surface area contributed by atoms with Gasteiger partial charge >= 0.3 is 103 Å². The molecule has 0 amide bonds. The summed E-state index contributed by atoms with van der Waals surface area (Å²) in [4.78, 5) is 0. The van der Waals surface area contributed by atoms with E-state index in [0.717, 1.165) is 17.7 Å². The third-order valence-corrected chi connectivity index (χ3v) is 40.5. The summed E-state index contributed by atoms with van der Waals surface area (Å²) in [5.41, 5.74) is 0. The molecule has 0 heterocycles. The van der Waals surface area contributed by atoms with Crippen LogP contribution in [0.4, 0.5) is 0 Å². The molecule has 0 N–H and O–H groups in total. The Bertz CT molecular complexity index is 151. The van der Waals surface area contributed by atoms with Gasteiger partial charge < -0.3 is 0 Å². The molecule has 0 spiro atoms. The van der Waals surface area contributed by atoms with Gasteiger partial charge in [-0.2, -0.15) is 0 Å². The van der Waals surface area contributed by atoms with Crippen molar-refractivity contribution in [2.45, 2.75) is 45.4 Å². The summed E-state index contributed by atoms with van der Waals surface area (Å²) in [7, 11) is 8.39. The third kappa shape index (κ3) is 4.35. The van der Waals surface area contributed by atoms with Crippen molar-refractivity contribution in [1.29, 1.82) is 0 Å². The molecular weight excluding hydrogens is 413 g/mol. The van der Waals surface area contributed by atoms with Gasteiger partial charge in [-0.25, -0.2) is 0 Å². The van der Waals surface area contributed by atoms with Gasteiger partial charge in [0, 0.05) is 0 Å². The average Bonchev–Trinajstić information content (AvgIpc) is 2.26. The SMILES string of the molecule is C[CH2][Sn]([Cl])([CH2]C)[O][Sn]([CH2]C)([CH2]C)[O]C. The molecule has 0 rings (SSSR count). The Morgan fingerprint density at radius 3 is 1.57 bits per heavy atom. The van der Waals surface area contributed by atoms with Crippen LogP contribution in [0.2, 0.25) is 17.7 Å². The van der Waals surface area contributed by atoms with Crippen molar-refractivity contribution >= 4 is 45.8 Å². The second-order valence-corrected chi connectivity index (χ2v) is 32.1. The van der Waals surface area contributed by atoms with Gasteiger partial charge in [-0.1, -0.05) is 0 Å². The standard InChI is InChI=1S/4C2H5.CH3O.ClH.O.2Sn/c5*1-2;;;;/h4*1H2,2H3;1H3;1H;;;/q;;;;-1;;;2*+1/p-1. The first-order chi connectivity index (χ1) is 6.51. The summed E-state index contributed by atoms with van der Waals surface area (Å²) < 4.78 is 16.3. The second kappa shape index (κ2) is 7.20. The Kier molecular flexibility index (Phi) is 8.12. The first-order valence-electron chi connectivity index (χ1n) is 5.45. The van der Waals surface area contributed by atoms with Crippen LogP contribution < -0.4 is 0 Å². The molecule has 14 heavy (non-hydrogen) atoms. The number of hydrogen-bond donors (Lipinski definition) is 0. The summed E-state index contributed by atoms with van der Waals surface area (Å²) in [5, 5.41) is 0. The molecular formula is C9H23ClO2Sn2. The number of rotatable bonds is 7. The summed E-state index contributed by atoms with van der Waals surface area (Å²) >= 11 is -5.41. The molecule has 0 aromatic carbocycles. The van der Waals surface area contributed by atoms with Crippen LogP contribution in [0.3, 0.4) is 0 Å². The Balaban J connectivity index is 4.56. The average molecular weight is 436 g/mol. The van der Waals surface area contributed by atoms with Gasteiger partial charge in [0.25, 0.3) is 0 Å². The zero-order valence-electron chi connectivity index (χ0n) is 10.0. The molecule has 0 saturated heterocycles. The zero-order chi connectivity index (χ0) is 11.2. The molecule has 0 radical (unpaired) electrons. The first kappa shape index (κ1) is 15.8. The van der Waals surface area contributed by atoms with Crippen molar-refractivity contribution in [1.82, 2.24) is 0 Å². The summed E-state index contributed by atoms with van der Waals surface area (Å²) in [6, 6.07) is 0. The quantitative estimate of drug-likeness (QED) is 0.565. The van der Waals surface area contributed by atoms with Gasteiger partial charge in [-0.05, 0) is 0 Å². The summed E-state index contributed by atoms with van der Waals surface area (Å²) in [6.45, 7) is 8.67. The summed E-state index contributed by atoms with van der Waals surface area (Å²) in [6.07, 6.45) is 0. The van der Waals surface area contributed by atoms with Gasteiger partial charge in [0.15, 0.2) is 0 Å². The van der Waals surface area contributed by atoms with Crippen LogP contribution in [-0.2, 0) is 4.49 Å². The molecule has 0 unspecified atom stereocenters. The van der Waals surface area contributed by atoms with Crippen molar-refractivity contribution in [3.8, 4) is 0 Å². The fraction of sp³-hybridized carbons (Fsp3) is 1.00. The van der Waals surface area contributed by atoms with E-state index in [2.05, 4.69) is 27.7 Å². The fourth-order valence-corrected chi connectivity index (χ4v) is 41.5. The van der Waals surface area contributed by atoms with E-state index in [1.54, 1.807) is 7.11 Å². The number of halogens is 1. The Hall–Kier alpha value is 1.81. The molecule has 2 nitrogen and oxygen atoms in total. The molecule has 0 bridgehead atoms. The molecule has 0 aromatic rings. The predicted molar refractivity (Wildman–Crippen MR) is 67.4 cm³/mol. The van der Waals surface area contributed by atoms with E-state index in [-0.39, 0.29) is 0 Å². The first-order valence-corrected chi connectivity index (χ1v) is 20.6. The van der Waals surface area contributed by atoms with Gasteiger partial charge in [-0.15, -0.1) is 0 Å². The Labute approximate surface area is 102 Å². The van der Waals surface area contributed by atoms with Crippen LogP contribution in [0.15, 0.2) is 0 Å². The topological polar surface area (TPSA) is 18.5 Å². The molecule has 86 valence electrons. The Morgan fingerprint density at radius 2 is 1.36 bits per heavy atom. The van der Waals surface area contributed by atoms with Gasteiger partial charge in [0.1, 0.15) is 0 Å². The van der Waals surface area contributed by atoms with Gasteiger partial charge in [0.05, 0.1) is 0 Å². The maximum absolute atomic E-state index is 6.59. The summed E-state index contributed by atoms with van der Waals surface area (Å²) in [5.74, 6) is 0. The van der Waals surface area contributed by atoms with Crippen LogP contribution >= 0.6 is 8.92 Å². The normalized spacial score (nSPS) is 13.3. The molecule has 0 saturated carbocycles. The van der Waals surface area contributed by atoms with E-state index in [9.17, 15) is 0 Å². The van der Waals surface area contributed by atoms with Crippen LogP contribution in [0.1, 0.15) is 27.7 Å². The molecule has 0 aliphatic rings. The monoisotopic (exact) mass is 438 g/mol. The molecule has 0 atom stereocenters. The van der Waals surface area contributed by atoms with Crippen LogP contribution in [0.5, 0.6) is 0 Å². The van der Waals surface area contributed by atoms with Gasteiger partial charge in [-0.3, -0.25) is 0 Å². The predicted octanol–water partition coefficient (Wildman–Crippen LogP) is 3.85. The molecule has 5 heteroatoms. The van der Waals surface area contributed by atoms with E-state index in [4.69, 9.17) is 13.4 Å². The zero-order valence-corrected chi connectivity index (χ0v) is 16.5. The van der Waals surface area contributed by atoms with Crippen LogP contribution in [-0.4, -0.2) is 44.0 Å². The third-order valence-electron chi connectivity index (χ3n) is 2.87. The van der Waals surface area contributed by atoms with Crippen LogP contribution in [0, 0.1) is 0 Å². The molecule has 0 aliphatic heterocycles. The van der Waals surface area contributed by atoms with Crippen molar-refractivity contribution < 1.29 is 4.49 Å². The van der Waals surface area contributed by atoms with Crippen molar-refractivity contribution in [3.05, 3.63) is 0 Å². The van der Waals surface area contributed by atoms with E-state index in [0.29, 0.717) is 0 Å². The Morgan fingerprint density at radius 1 is 0.929 bits per heavy atom. The number of hydrogen-bond acceptors (Lipinski definition) is 2. The molecule has 0 aromatic heterocycles. The van der Waals surface area contributed by atoms with E-state index in [1.807, 2.05) is 0 Å². The minimum absolute atomic E-state index is 1.05. The van der Waals surface area contributed by atoms with Crippen molar-refractivity contribution in [2.75, 3.05) is 7.11 Å². The van der Waals surface area contributed by atoms with E-state index >= 15 is 0 Å². The van der Waals surface area contributed by atoms with Crippen molar-refractivity contribution in [2.24, 2.45) is 0 Å². The van der Waals surface area contributed by atoms with E-state index < -0.39 is 36.9 Å². The maximum atomic E-state index is 6.59. The van der Waals surface area contributed by atoms with E-state index in [1.165, 1.54) is 0 Å². The molecule has 0 fully saturated rings.